The van der Waals surface area contributed by atoms with Crippen molar-refractivity contribution in [1.29, 1.82) is 0 Å². The van der Waals surface area contributed by atoms with E-state index in [1.54, 1.807) is 12.4 Å². The molecule has 17 heavy (non-hydrogen) atoms. The molecule has 5 nitrogen and oxygen atoms in total. The molecule has 2 heterocycles. The van der Waals surface area contributed by atoms with E-state index in [4.69, 9.17) is 15.2 Å². The van der Waals surface area contributed by atoms with Gasteiger partial charge in [-0.2, -0.15) is 0 Å². The molecule has 0 saturated heterocycles. The summed E-state index contributed by atoms with van der Waals surface area (Å²) in [5.74, 6) is 2.42. The van der Waals surface area contributed by atoms with Crippen molar-refractivity contribution < 1.29 is 9.47 Å². The van der Waals surface area contributed by atoms with Crippen molar-refractivity contribution in [3.63, 3.8) is 0 Å². The molecule has 1 aromatic carbocycles. The minimum absolute atomic E-state index is 0.101. The number of nitrogens with zero attached hydrogens (tertiary/aromatic N) is 1. The van der Waals surface area contributed by atoms with Gasteiger partial charge in [0.15, 0.2) is 11.5 Å². The maximum absolute atomic E-state index is 6.12. The summed E-state index contributed by atoms with van der Waals surface area (Å²) in [6.07, 6.45) is 4.19. The van der Waals surface area contributed by atoms with Crippen LogP contribution in [0.15, 0.2) is 30.6 Å². The van der Waals surface area contributed by atoms with E-state index >= 15 is 0 Å². The summed E-state index contributed by atoms with van der Waals surface area (Å²) in [5, 5.41) is 0. The Labute approximate surface area is 98.6 Å². The number of imidazole rings is 1. The number of hydrogen-bond acceptors (Lipinski definition) is 4. The molecule has 0 spiro atoms. The highest BCUT2D eigenvalue weighted by atomic mass is 16.7. The molecule has 1 aliphatic rings. The van der Waals surface area contributed by atoms with Gasteiger partial charge in [0, 0.05) is 24.9 Å². The van der Waals surface area contributed by atoms with Gasteiger partial charge in [-0.15, -0.1) is 0 Å². The summed E-state index contributed by atoms with van der Waals surface area (Å²) in [4.78, 5) is 7.21. The van der Waals surface area contributed by atoms with Crippen LogP contribution in [-0.4, -0.2) is 16.8 Å². The van der Waals surface area contributed by atoms with Crippen LogP contribution in [0.2, 0.25) is 0 Å². The van der Waals surface area contributed by atoms with Crippen LogP contribution in [0.4, 0.5) is 0 Å². The number of aromatic amines is 1. The first kappa shape index (κ1) is 10.2. The second-order valence-electron chi connectivity index (χ2n) is 3.96. The quantitative estimate of drug-likeness (QED) is 0.837. The lowest BCUT2D eigenvalue weighted by molar-refractivity contribution is 0.174. The molecule has 0 radical (unpaired) electrons. The van der Waals surface area contributed by atoms with Crippen LogP contribution in [0, 0.1) is 0 Å². The van der Waals surface area contributed by atoms with E-state index in [0.717, 1.165) is 22.9 Å². The number of H-pyrrole nitrogens is 1. The highest BCUT2D eigenvalue weighted by molar-refractivity contribution is 5.45. The molecule has 0 bridgehead atoms. The first-order chi connectivity index (χ1) is 8.33. The molecule has 3 rings (SSSR count). The smallest absolute Gasteiger partial charge is 0.231 e. The topological polar surface area (TPSA) is 73.2 Å². The van der Waals surface area contributed by atoms with Gasteiger partial charge in [0.25, 0.3) is 0 Å². The van der Waals surface area contributed by atoms with E-state index in [1.807, 2.05) is 18.2 Å². The summed E-state index contributed by atoms with van der Waals surface area (Å²) in [6.45, 7) is 0.284. The van der Waals surface area contributed by atoms with E-state index in [0.29, 0.717) is 6.42 Å². The number of ether oxygens (including phenoxy) is 2. The molecule has 88 valence electrons. The Morgan fingerprint density at radius 1 is 1.35 bits per heavy atom. The molecule has 0 fully saturated rings. The minimum Gasteiger partial charge on any atom is -0.454 e. The Kier molecular flexibility index (Phi) is 2.45. The van der Waals surface area contributed by atoms with Crippen LogP contribution >= 0.6 is 0 Å². The third-order valence-corrected chi connectivity index (χ3v) is 2.79. The van der Waals surface area contributed by atoms with E-state index in [1.165, 1.54) is 0 Å². The highest BCUT2D eigenvalue weighted by Crippen LogP contribution is 2.34. The fourth-order valence-corrected chi connectivity index (χ4v) is 1.88. The Morgan fingerprint density at radius 2 is 2.24 bits per heavy atom. The van der Waals surface area contributed by atoms with Crippen LogP contribution in [0.3, 0.4) is 0 Å². The second-order valence-corrected chi connectivity index (χ2v) is 3.96. The Morgan fingerprint density at radius 3 is 3.06 bits per heavy atom. The van der Waals surface area contributed by atoms with Gasteiger partial charge in [0.05, 0.1) is 0 Å². The van der Waals surface area contributed by atoms with Gasteiger partial charge in [-0.25, -0.2) is 4.98 Å². The number of nitrogens with two attached hydrogens (primary N) is 1. The zero-order valence-electron chi connectivity index (χ0n) is 9.22. The lowest BCUT2D eigenvalue weighted by Crippen LogP contribution is -2.14. The van der Waals surface area contributed by atoms with Crippen molar-refractivity contribution in [2.24, 2.45) is 5.73 Å². The second kappa shape index (κ2) is 4.10. The fraction of sp³-hybridized carbons (Fsp3) is 0.250. The van der Waals surface area contributed by atoms with Crippen molar-refractivity contribution in [3.8, 4) is 11.5 Å². The van der Waals surface area contributed by atoms with Gasteiger partial charge < -0.3 is 20.2 Å². The first-order valence-corrected chi connectivity index (χ1v) is 5.46. The molecule has 5 heteroatoms. The zero-order chi connectivity index (χ0) is 11.7. The highest BCUT2D eigenvalue weighted by Gasteiger charge is 2.16. The Balaban J connectivity index is 1.79. The number of rotatable bonds is 3. The van der Waals surface area contributed by atoms with E-state index in [-0.39, 0.29) is 12.8 Å². The SMILES string of the molecule is NC(Cc1ncc[nH]1)c1ccc2c(c1)OCO2. The summed E-state index contributed by atoms with van der Waals surface area (Å²) >= 11 is 0. The maximum atomic E-state index is 6.12. The summed E-state index contributed by atoms with van der Waals surface area (Å²) in [6, 6.07) is 5.67. The molecular weight excluding hydrogens is 218 g/mol. The van der Waals surface area contributed by atoms with E-state index < -0.39 is 0 Å². The number of benzene rings is 1. The van der Waals surface area contributed by atoms with Crippen molar-refractivity contribution >= 4 is 0 Å². The third-order valence-electron chi connectivity index (χ3n) is 2.79. The zero-order valence-corrected chi connectivity index (χ0v) is 9.22. The first-order valence-electron chi connectivity index (χ1n) is 5.46. The Bertz CT molecular complexity index is 510. The molecular formula is C12H13N3O2. The Hall–Kier alpha value is -2.01. The summed E-state index contributed by atoms with van der Waals surface area (Å²) in [5.41, 5.74) is 7.14. The van der Waals surface area contributed by atoms with Gasteiger partial charge in [0.2, 0.25) is 6.79 Å². The standard InChI is InChI=1S/C12H13N3O2/c13-9(6-12-14-3-4-15-12)8-1-2-10-11(5-8)17-7-16-10/h1-5,9H,6-7,13H2,(H,14,15). The van der Waals surface area contributed by atoms with Gasteiger partial charge >= 0.3 is 0 Å². The monoisotopic (exact) mass is 231 g/mol. The normalized spacial score (nSPS) is 14.9. The van der Waals surface area contributed by atoms with Crippen molar-refractivity contribution in [2.45, 2.75) is 12.5 Å². The molecule has 1 aromatic heterocycles. The number of aromatic nitrogens is 2. The molecule has 1 unspecified atom stereocenters. The molecule has 1 atom stereocenters. The summed E-state index contributed by atoms with van der Waals surface area (Å²) in [7, 11) is 0. The molecule has 0 amide bonds. The van der Waals surface area contributed by atoms with Crippen LogP contribution in [0.1, 0.15) is 17.4 Å². The average Bonchev–Trinajstić information content (AvgIpc) is 2.97. The molecule has 0 saturated carbocycles. The van der Waals surface area contributed by atoms with Crippen molar-refractivity contribution in [3.05, 3.63) is 42.0 Å². The number of nitrogens with one attached hydrogen (secondary N) is 1. The van der Waals surface area contributed by atoms with Crippen LogP contribution in [0.25, 0.3) is 0 Å². The number of hydrogen-bond donors (Lipinski definition) is 2. The van der Waals surface area contributed by atoms with Gasteiger partial charge in [-0.3, -0.25) is 0 Å². The predicted octanol–water partition coefficient (Wildman–Crippen LogP) is 1.38. The fourth-order valence-electron chi connectivity index (χ4n) is 1.88. The lowest BCUT2D eigenvalue weighted by Gasteiger charge is -2.10. The molecule has 2 aromatic rings. The molecule has 3 N–H and O–H groups in total. The average molecular weight is 231 g/mol. The van der Waals surface area contributed by atoms with E-state index in [2.05, 4.69) is 9.97 Å². The summed E-state index contributed by atoms with van der Waals surface area (Å²) < 4.78 is 10.6. The third kappa shape index (κ3) is 1.97. The van der Waals surface area contributed by atoms with Gasteiger partial charge in [0.1, 0.15) is 5.82 Å². The van der Waals surface area contributed by atoms with Crippen molar-refractivity contribution in [1.82, 2.24) is 9.97 Å². The largest absolute Gasteiger partial charge is 0.454 e. The maximum Gasteiger partial charge on any atom is 0.231 e. The van der Waals surface area contributed by atoms with E-state index in [9.17, 15) is 0 Å². The molecule has 1 aliphatic heterocycles. The lowest BCUT2D eigenvalue weighted by atomic mass is 10.0. The molecule has 0 aliphatic carbocycles. The van der Waals surface area contributed by atoms with Crippen LogP contribution in [-0.2, 0) is 6.42 Å². The minimum atomic E-state index is -0.101. The van der Waals surface area contributed by atoms with Crippen LogP contribution < -0.4 is 15.2 Å². The van der Waals surface area contributed by atoms with Gasteiger partial charge in [-0.05, 0) is 17.7 Å². The van der Waals surface area contributed by atoms with Crippen LogP contribution in [0.5, 0.6) is 11.5 Å². The van der Waals surface area contributed by atoms with Crippen molar-refractivity contribution in [2.75, 3.05) is 6.79 Å². The predicted molar refractivity (Wildman–Crippen MR) is 61.8 cm³/mol. The van der Waals surface area contributed by atoms with Gasteiger partial charge in [-0.1, -0.05) is 6.07 Å². The number of fused-ring (bicyclic) bond motifs is 1.